The van der Waals surface area contributed by atoms with E-state index < -0.39 is 6.04 Å². The number of aromatic nitrogens is 2. The number of hydrogen-bond donors (Lipinski definition) is 0. The van der Waals surface area contributed by atoms with Gasteiger partial charge in [-0.05, 0) is 98.2 Å². The number of para-hydroxylation sites is 2. The van der Waals surface area contributed by atoms with Gasteiger partial charge in [0.1, 0.15) is 5.82 Å². The van der Waals surface area contributed by atoms with Crippen molar-refractivity contribution in [3.8, 4) is 28.4 Å². The standard InChI is InChI=1S/C58H59N4O.Pt/c1-38(2)28-40-29-55(59-36-50(40)39-18-13-12-14-19-39)62-51-27-24-41(56(3,4)5)33-49(51)48-26-25-47(35-54(48)62)63-46-21-17-20-44(34-46)60-37-61(53-23-16-15-22-52(53)60)45-31-42(57(6,7)8)30-43(32-45)58(9,10)11;/h12-27,29-33,36-38H,28H2,1-11H3;/q-3;/i12D,13D,14D,18D,19D;. The van der Waals surface area contributed by atoms with Crippen LogP contribution >= 0.6 is 0 Å². The second-order valence-electron chi connectivity index (χ2n) is 20.3. The van der Waals surface area contributed by atoms with Gasteiger partial charge in [-0.3, -0.25) is 0 Å². The summed E-state index contributed by atoms with van der Waals surface area (Å²) >= 11 is 0. The van der Waals surface area contributed by atoms with Crippen LogP contribution in [0, 0.1) is 24.7 Å². The largest absolute Gasteiger partial charge is 0.509 e. The van der Waals surface area contributed by atoms with Gasteiger partial charge in [-0.15, -0.1) is 48.1 Å². The summed E-state index contributed by atoms with van der Waals surface area (Å²) in [6.07, 6.45) is 2.25. The van der Waals surface area contributed by atoms with Crippen LogP contribution in [-0.2, 0) is 43.7 Å². The molecule has 0 saturated heterocycles. The molecule has 6 heteroatoms. The van der Waals surface area contributed by atoms with E-state index in [1.54, 1.807) is 6.20 Å². The molecule has 0 bridgehead atoms. The topological polar surface area (TPSA) is 33.5 Å². The molecule has 9 rings (SSSR count). The van der Waals surface area contributed by atoms with Gasteiger partial charge in [0.05, 0.1) is 6.85 Å². The molecular weight excluding hydrogens is 964 g/mol. The van der Waals surface area contributed by atoms with Gasteiger partial charge in [-0.25, -0.2) is 4.98 Å². The number of nitrogens with zero attached hydrogens (tertiary/aromatic N) is 4. The van der Waals surface area contributed by atoms with Crippen molar-refractivity contribution in [1.29, 1.82) is 0 Å². The summed E-state index contributed by atoms with van der Waals surface area (Å²) in [5, 5.41) is 2.02. The van der Waals surface area contributed by atoms with Crippen LogP contribution in [0.5, 0.6) is 11.5 Å². The van der Waals surface area contributed by atoms with Crippen molar-refractivity contribution in [2.24, 2.45) is 5.92 Å². The average molecular weight is 1030 g/mol. The zero-order chi connectivity index (χ0) is 48.8. The van der Waals surface area contributed by atoms with Crippen LogP contribution in [0.3, 0.4) is 0 Å². The minimum atomic E-state index is -0.421. The summed E-state index contributed by atoms with van der Waals surface area (Å²) in [5.41, 5.74) is 10.8. The number of benzene rings is 6. The van der Waals surface area contributed by atoms with Crippen LogP contribution < -0.4 is 14.5 Å². The average Bonchev–Trinajstić information content (AvgIpc) is 3.83. The summed E-state index contributed by atoms with van der Waals surface area (Å²) in [5.74, 6) is 1.86. The molecule has 1 aliphatic heterocycles. The number of anilines is 4. The number of pyridine rings is 1. The fourth-order valence-electron chi connectivity index (χ4n) is 8.39. The number of rotatable bonds is 8. The molecule has 3 heterocycles. The van der Waals surface area contributed by atoms with Crippen LogP contribution in [0.25, 0.3) is 38.8 Å². The van der Waals surface area contributed by atoms with Crippen molar-refractivity contribution in [2.75, 3.05) is 9.80 Å². The summed E-state index contributed by atoms with van der Waals surface area (Å²) in [6.45, 7) is 26.5. The van der Waals surface area contributed by atoms with Gasteiger partial charge in [-0.2, -0.15) is 12.1 Å². The smallest absolute Gasteiger partial charge is 0.135 e. The van der Waals surface area contributed by atoms with E-state index in [-0.39, 0.29) is 73.0 Å². The molecule has 1 aliphatic rings. The van der Waals surface area contributed by atoms with Crippen molar-refractivity contribution < 1.29 is 32.7 Å². The van der Waals surface area contributed by atoms with Gasteiger partial charge in [0.15, 0.2) is 0 Å². The summed E-state index contributed by atoms with van der Waals surface area (Å²) in [7, 11) is 0. The molecule has 0 fully saturated rings. The van der Waals surface area contributed by atoms with E-state index in [1.165, 1.54) is 16.7 Å². The molecule has 8 aromatic rings. The monoisotopic (exact) mass is 1030 g/mol. The first kappa shape index (κ1) is 38.8. The van der Waals surface area contributed by atoms with Gasteiger partial charge >= 0.3 is 0 Å². The Bertz CT molecular complexity index is 3220. The Morgan fingerprint density at radius 2 is 1.33 bits per heavy atom. The minimum absolute atomic E-state index is 0. The summed E-state index contributed by atoms with van der Waals surface area (Å²) < 4.78 is 51.4. The molecule has 0 atom stereocenters. The van der Waals surface area contributed by atoms with Gasteiger partial charge in [-0.1, -0.05) is 142 Å². The molecule has 2 aromatic heterocycles. The van der Waals surface area contributed by atoms with Crippen molar-refractivity contribution in [3.05, 3.63) is 175 Å². The van der Waals surface area contributed by atoms with Gasteiger partial charge in [0.2, 0.25) is 0 Å². The molecule has 0 radical (unpaired) electrons. The Kier molecular flexibility index (Phi) is 10.3. The normalized spacial score (nSPS) is 14.3. The molecule has 330 valence electrons. The molecule has 0 spiro atoms. The molecule has 0 N–H and O–H groups in total. The summed E-state index contributed by atoms with van der Waals surface area (Å²) in [6, 6.07) is 39.4. The van der Waals surface area contributed by atoms with Crippen LogP contribution in [0.1, 0.15) is 105 Å². The van der Waals surface area contributed by atoms with Crippen molar-refractivity contribution >= 4 is 44.6 Å². The van der Waals surface area contributed by atoms with Gasteiger partial charge < -0.3 is 19.1 Å². The minimum Gasteiger partial charge on any atom is -0.509 e. The van der Waals surface area contributed by atoms with Crippen LogP contribution in [0.2, 0.25) is 0 Å². The number of fused-ring (bicyclic) bond motifs is 4. The van der Waals surface area contributed by atoms with E-state index in [0.717, 1.165) is 50.1 Å². The third-order valence-electron chi connectivity index (χ3n) is 11.9. The summed E-state index contributed by atoms with van der Waals surface area (Å²) in [4.78, 5) is 9.43. The van der Waals surface area contributed by atoms with Crippen molar-refractivity contribution in [3.63, 3.8) is 0 Å². The van der Waals surface area contributed by atoms with Crippen molar-refractivity contribution in [2.45, 2.75) is 98.8 Å². The molecule has 5 nitrogen and oxygen atoms in total. The zero-order valence-corrected chi connectivity index (χ0v) is 41.0. The SMILES string of the molecule is [2H]c1c([2H])c([2H])c(-c2cnc(-n3c4[c-]c(Oc5[c-]c(N6[CH-]N(c7cc(C(C)(C)C)cc(C(C)(C)C)c7)c7ccccc76)ccc5)ccc4c4cc(C(C)(C)C)ccc43)cc2CC(C)C)c([2H])c1[2H].[Pt]. The van der Waals surface area contributed by atoms with E-state index in [2.05, 4.69) is 176 Å². The Morgan fingerprint density at radius 1 is 0.672 bits per heavy atom. The Hall–Kier alpha value is -5.64. The van der Waals surface area contributed by atoms with Crippen LogP contribution in [0.4, 0.5) is 22.7 Å². The fourth-order valence-corrected chi connectivity index (χ4v) is 8.39. The maximum absolute atomic E-state index is 8.80. The predicted molar refractivity (Wildman–Crippen MR) is 264 cm³/mol. The maximum atomic E-state index is 8.80. The van der Waals surface area contributed by atoms with Crippen LogP contribution in [0.15, 0.2) is 133 Å². The van der Waals surface area contributed by atoms with E-state index in [0.29, 0.717) is 29.3 Å². The zero-order valence-electron chi connectivity index (χ0n) is 43.7. The first-order valence-corrected chi connectivity index (χ1v) is 22.0. The van der Waals surface area contributed by atoms with Gasteiger partial charge in [0, 0.05) is 66.9 Å². The third-order valence-corrected chi connectivity index (χ3v) is 11.9. The van der Waals surface area contributed by atoms with Gasteiger partial charge in [0.25, 0.3) is 0 Å². The number of hydrogen-bond acceptors (Lipinski definition) is 4. The maximum Gasteiger partial charge on any atom is 0.135 e. The first-order chi connectivity index (χ1) is 32.0. The fraction of sp³-hybridized carbons (Fsp3) is 0.276. The number of ether oxygens (including phenoxy) is 1. The van der Waals surface area contributed by atoms with Crippen LogP contribution in [-0.4, -0.2) is 9.55 Å². The molecule has 0 amide bonds. The van der Waals surface area contributed by atoms with E-state index in [1.807, 2.05) is 30.3 Å². The molecule has 0 unspecified atom stereocenters. The Morgan fingerprint density at radius 3 is 1.98 bits per heavy atom. The quantitative estimate of drug-likeness (QED) is 0.142. The second kappa shape index (κ2) is 17.1. The molecule has 0 saturated carbocycles. The Labute approximate surface area is 402 Å². The Balaban J connectivity index is 0.00000642. The predicted octanol–water partition coefficient (Wildman–Crippen LogP) is 15.7. The second-order valence-corrected chi connectivity index (χ2v) is 20.3. The molecule has 0 aliphatic carbocycles. The van der Waals surface area contributed by atoms with E-state index in [9.17, 15) is 0 Å². The van der Waals surface area contributed by atoms with E-state index >= 15 is 0 Å². The first-order valence-electron chi connectivity index (χ1n) is 24.5. The molecule has 6 aromatic carbocycles. The molecular formula is C58H59N4OPt-3. The third kappa shape index (κ3) is 8.77. The molecule has 64 heavy (non-hydrogen) atoms. The van der Waals surface area contributed by atoms with E-state index in [4.69, 9.17) is 16.6 Å². The van der Waals surface area contributed by atoms with Crippen molar-refractivity contribution in [1.82, 2.24) is 9.55 Å².